The number of anilines is 2. The number of hydrogen-bond acceptors (Lipinski definition) is 10. The number of aromatic nitrogens is 3. The summed E-state index contributed by atoms with van der Waals surface area (Å²) in [5.41, 5.74) is 12.4. The van der Waals surface area contributed by atoms with E-state index in [0.29, 0.717) is 11.4 Å². The number of hydrogen-bond donors (Lipinski definition) is 2. The maximum Gasteiger partial charge on any atom is 0.270 e. The third-order valence-corrected chi connectivity index (χ3v) is 3.45. The molecule has 3 aromatic rings. The van der Waals surface area contributed by atoms with Crippen molar-refractivity contribution in [3.05, 3.63) is 58.4 Å². The number of rotatable bonds is 4. The van der Waals surface area contributed by atoms with Crippen LogP contribution in [0.25, 0.3) is 11.4 Å². The lowest BCUT2D eigenvalue weighted by Gasteiger charge is -2.06. The Morgan fingerprint density at radius 2 is 1.74 bits per heavy atom. The Morgan fingerprint density at radius 1 is 1.07 bits per heavy atom. The van der Waals surface area contributed by atoms with Gasteiger partial charge in [0, 0.05) is 30.1 Å². The number of nitro groups is 1. The molecule has 2 aromatic heterocycles. The number of nitro benzene ring substituents is 1. The van der Waals surface area contributed by atoms with Crippen molar-refractivity contribution in [1.29, 1.82) is 5.26 Å². The fourth-order valence-electron chi connectivity index (χ4n) is 2.14. The van der Waals surface area contributed by atoms with Crippen LogP contribution in [-0.2, 0) is 0 Å². The summed E-state index contributed by atoms with van der Waals surface area (Å²) in [6.45, 7) is 0. The molecule has 0 fully saturated rings. The van der Waals surface area contributed by atoms with Crippen molar-refractivity contribution in [3.8, 4) is 17.5 Å². The van der Waals surface area contributed by atoms with E-state index in [-0.39, 0.29) is 34.3 Å². The Balaban J connectivity index is 1.97. The molecule has 0 aliphatic heterocycles. The van der Waals surface area contributed by atoms with Gasteiger partial charge in [-0.2, -0.15) is 5.26 Å². The molecule has 0 atom stereocenters. The van der Waals surface area contributed by atoms with E-state index in [2.05, 4.69) is 25.2 Å². The average Bonchev–Trinajstić information content (AvgIpc) is 2.67. The zero-order valence-corrected chi connectivity index (χ0v) is 13.6. The summed E-state index contributed by atoms with van der Waals surface area (Å²) in [6, 6.07) is 8.85. The number of nitrogens with two attached hydrogens (primary N) is 2. The third kappa shape index (κ3) is 3.64. The number of benzene rings is 1. The molecular formula is C16H11N9O2. The van der Waals surface area contributed by atoms with Crippen LogP contribution >= 0.6 is 0 Å². The summed E-state index contributed by atoms with van der Waals surface area (Å²) in [5, 5.41) is 27.7. The van der Waals surface area contributed by atoms with E-state index < -0.39 is 4.92 Å². The van der Waals surface area contributed by atoms with Gasteiger partial charge in [-0.25, -0.2) is 9.97 Å². The van der Waals surface area contributed by atoms with Crippen molar-refractivity contribution < 1.29 is 4.92 Å². The van der Waals surface area contributed by atoms with Gasteiger partial charge >= 0.3 is 0 Å². The summed E-state index contributed by atoms with van der Waals surface area (Å²) in [7, 11) is 0. The highest BCUT2D eigenvalue weighted by atomic mass is 16.6. The smallest absolute Gasteiger partial charge is 0.270 e. The first kappa shape index (κ1) is 17.4. The number of azo groups is 1. The summed E-state index contributed by atoms with van der Waals surface area (Å²) in [4.78, 5) is 22.4. The standard InChI is InChI=1S/C16H11N9O2/c17-8-10-7-11(25(26)27)1-2-12(10)23-24-13-14(18)21-16(22-15(13)19)9-3-5-20-6-4-9/h1-7H,(H4,18,19,21,22). The Labute approximate surface area is 152 Å². The van der Waals surface area contributed by atoms with Crippen LogP contribution in [0.15, 0.2) is 53.0 Å². The number of nitriles is 1. The Hall–Kier alpha value is -4.46. The van der Waals surface area contributed by atoms with Crippen molar-refractivity contribution in [2.24, 2.45) is 10.2 Å². The quantitative estimate of drug-likeness (QED) is 0.403. The van der Waals surface area contributed by atoms with Crippen LogP contribution in [-0.4, -0.2) is 19.9 Å². The fraction of sp³-hybridized carbons (Fsp3) is 0. The zero-order chi connectivity index (χ0) is 19.4. The molecule has 27 heavy (non-hydrogen) atoms. The van der Waals surface area contributed by atoms with Gasteiger partial charge in [-0.3, -0.25) is 15.1 Å². The SMILES string of the molecule is N#Cc1cc([N+](=O)[O-])ccc1N=Nc1c(N)nc(-c2ccncc2)nc1N. The zero-order valence-electron chi connectivity index (χ0n) is 13.6. The van der Waals surface area contributed by atoms with Gasteiger partial charge in [0.05, 0.1) is 10.5 Å². The molecule has 0 aliphatic rings. The molecule has 0 unspecified atom stereocenters. The highest BCUT2D eigenvalue weighted by Crippen LogP contribution is 2.32. The minimum absolute atomic E-state index is 0.00141. The second-order valence-electron chi connectivity index (χ2n) is 5.17. The lowest BCUT2D eigenvalue weighted by Crippen LogP contribution is -2.01. The van der Waals surface area contributed by atoms with Gasteiger partial charge in [0.2, 0.25) is 0 Å². The molecule has 0 radical (unpaired) electrons. The number of non-ortho nitro benzene ring substituents is 1. The summed E-state index contributed by atoms with van der Waals surface area (Å²) in [6.07, 6.45) is 3.16. The first-order valence-electron chi connectivity index (χ1n) is 7.43. The molecule has 1 aromatic carbocycles. The van der Waals surface area contributed by atoms with E-state index in [1.807, 2.05) is 6.07 Å². The number of pyridine rings is 1. The Kier molecular flexibility index (Phi) is 4.63. The molecule has 0 amide bonds. The largest absolute Gasteiger partial charge is 0.382 e. The van der Waals surface area contributed by atoms with Crippen LogP contribution in [0.5, 0.6) is 0 Å². The predicted octanol–water partition coefficient (Wildman–Crippen LogP) is 2.90. The molecule has 3 rings (SSSR count). The van der Waals surface area contributed by atoms with Crippen molar-refractivity contribution in [2.75, 3.05) is 11.5 Å². The molecule has 0 spiro atoms. The minimum atomic E-state index is -0.608. The van der Waals surface area contributed by atoms with Gasteiger partial charge in [0.15, 0.2) is 23.1 Å². The fourth-order valence-corrected chi connectivity index (χ4v) is 2.14. The van der Waals surface area contributed by atoms with Crippen LogP contribution in [0.1, 0.15) is 5.56 Å². The highest BCUT2D eigenvalue weighted by Gasteiger charge is 2.13. The second-order valence-corrected chi connectivity index (χ2v) is 5.17. The maximum absolute atomic E-state index is 10.8. The molecule has 0 bridgehead atoms. The van der Waals surface area contributed by atoms with Crippen molar-refractivity contribution in [1.82, 2.24) is 15.0 Å². The molecule has 0 saturated heterocycles. The van der Waals surface area contributed by atoms with Gasteiger partial charge in [-0.05, 0) is 18.2 Å². The molecular weight excluding hydrogens is 350 g/mol. The van der Waals surface area contributed by atoms with E-state index in [4.69, 9.17) is 16.7 Å². The average molecular weight is 361 g/mol. The normalized spacial score (nSPS) is 10.6. The van der Waals surface area contributed by atoms with E-state index in [1.54, 1.807) is 24.5 Å². The van der Waals surface area contributed by atoms with Gasteiger partial charge in [-0.15, -0.1) is 10.2 Å². The van der Waals surface area contributed by atoms with Gasteiger partial charge in [0.25, 0.3) is 5.69 Å². The first-order chi connectivity index (χ1) is 13.0. The Bertz CT molecular complexity index is 1070. The number of nitrogens with zero attached hydrogens (tertiary/aromatic N) is 7. The highest BCUT2D eigenvalue weighted by molar-refractivity contribution is 5.73. The second kappa shape index (κ2) is 7.19. The third-order valence-electron chi connectivity index (χ3n) is 3.45. The summed E-state index contributed by atoms with van der Waals surface area (Å²) < 4.78 is 0. The number of nitrogen functional groups attached to an aromatic ring is 2. The lowest BCUT2D eigenvalue weighted by molar-refractivity contribution is -0.384. The topological polar surface area (TPSA) is 182 Å². The van der Waals surface area contributed by atoms with E-state index in [0.717, 1.165) is 6.07 Å². The van der Waals surface area contributed by atoms with E-state index >= 15 is 0 Å². The van der Waals surface area contributed by atoms with Crippen molar-refractivity contribution >= 4 is 28.7 Å². The summed E-state index contributed by atoms with van der Waals surface area (Å²) in [5.74, 6) is 0.302. The predicted molar refractivity (Wildman–Crippen MR) is 96.1 cm³/mol. The first-order valence-corrected chi connectivity index (χ1v) is 7.43. The molecule has 132 valence electrons. The van der Waals surface area contributed by atoms with Crippen LogP contribution in [0.2, 0.25) is 0 Å². The minimum Gasteiger partial charge on any atom is -0.382 e. The van der Waals surface area contributed by atoms with Crippen LogP contribution in [0.3, 0.4) is 0 Å². The van der Waals surface area contributed by atoms with Gasteiger partial charge < -0.3 is 11.5 Å². The van der Waals surface area contributed by atoms with Gasteiger partial charge in [-0.1, -0.05) is 0 Å². The molecule has 11 nitrogen and oxygen atoms in total. The summed E-state index contributed by atoms with van der Waals surface area (Å²) >= 11 is 0. The molecule has 11 heteroatoms. The molecule has 0 saturated carbocycles. The molecule has 2 heterocycles. The van der Waals surface area contributed by atoms with Crippen LogP contribution < -0.4 is 11.5 Å². The monoisotopic (exact) mass is 361 g/mol. The molecule has 4 N–H and O–H groups in total. The molecule has 0 aliphatic carbocycles. The van der Waals surface area contributed by atoms with Gasteiger partial charge in [0.1, 0.15) is 11.8 Å². The van der Waals surface area contributed by atoms with Crippen molar-refractivity contribution in [2.45, 2.75) is 0 Å². The maximum atomic E-state index is 10.8. The van der Waals surface area contributed by atoms with E-state index in [9.17, 15) is 10.1 Å². The van der Waals surface area contributed by atoms with Crippen LogP contribution in [0, 0.1) is 21.4 Å². The van der Waals surface area contributed by atoms with Crippen molar-refractivity contribution in [3.63, 3.8) is 0 Å². The van der Waals surface area contributed by atoms with E-state index in [1.165, 1.54) is 12.1 Å². The Morgan fingerprint density at radius 3 is 2.33 bits per heavy atom. The van der Waals surface area contributed by atoms with Crippen LogP contribution in [0.4, 0.5) is 28.7 Å². The lowest BCUT2D eigenvalue weighted by atomic mass is 10.2.